The highest BCUT2D eigenvalue weighted by Crippen LogP contribution is 2.42. The zero-order valence-electron chi connectivity index (χ0n) is 18.0. The van der Waals surface area contributed by atoms with E-state index in [9.17, 15) is 0 Å². The van der Waals surface area contributed by atoms with E-state index in [0.717, 1.165) is 29.9 Å². The van der Waals surface area contributed by atoms with Crippen LogP contribution in [0.3, 0.4) is 0 Å². The molecular weight excluding hydrogens is 356 g/mol. The van der Waals surface area contributed by atoms with Crippen LogP contribution in [0.4, 0.5) is 0 Å². The lowest BCUT2D eigenvalue weighted by Crippen LogP contribution is -2.21. The third-order valence-electron chi connectivity index (χ3n) is 4.57. The van der Waals surface area contributed by atoms with Crippen LogP contribution in [0.15, 0.2) is 30.3 Å². The average Bonchev–Trinajstić information content (AvgIpc) is 2.67. The topological polar surface area (TPSA) is 46.2 Å². The molecule has 0 radical (unpaired) electrons. The van der Waals surface area contributed by atoms with Crippen LogP contribution in [0, 0.1) is 12.3 Å². The second-order valence-electron chi connectivity index (χ2n) is 7.59. The SMILES string of the molecule is CCCC(C)(C)COc1ccc(Oc2cc(OC)c(OC)c(OC)c2)c(C)c1. The molecule has 0 saturated carbocycles. The second kappa shape index (κ2) is 9.58. The first-order chi connectivity index (χ1) is 13.3. The molecule has 0 aliphatic rings. The van der Waals surface area contributed by atoms with Crippen molar-refractivity contribution in [2.75, 3.05) is 27.9 Å². The molecule has 0 aliphatic heterocycles. The Labute approximate surface area is 168 Å². The number of hydrogen-bond donors (Lipinski definition) is 0. The molecule has 2 aromatic rings. The number of rotatable bonds is 10. The van der Waals surface area contributed by atoms with Gasteiger partial charge in [-0.1, -0.05) is 27.2 Å². The third-order valence-corrected chi connectivity index (χ3v) is 4.57. The van der Waals surface area contributed by atoms with Gasteiger partial charge < -0.3 is 23.7 Å². The van der Waals surface area contributed by atoms with E-state index in [4.69, 9.17) is 23.7 Å². The van der Waals surface area contributed by atoms with Crippen molar-refractivity contribution < 1.29 is 23.7 Å². The first kappa shape index (κ1) is 21.7. The molecule has 0 amide bonds. The first-order valence-electron chi connectivity index (χ1n) is 9.55. The summed E-state index contributed by atoms with van der Waals surface area (Å²) in [7, 11) is 4.74. The van der Waals surface area contributed by atoms with E-state index in [2.05, 4.69) is 20.8 Å². The highest BCUT2D eigenvalue weighted by atomic mass is 16.5. The Balaban J connectivity index is 2.17. The van der Waals surface area contributed by atoms with Gasteiger partial charge in [-0.05, 0) is 42.5 Å². The quantitative estimate of drug-likeness (QED) is 0.498. The summed E-state index contributed by atoms with van der Waals surface area (Å²) < 4.78 is 28.2. The molecular formula is C23H32O5. The molecule has 0 bridgehead atoms. The molecule has 154 valence electrons. The van der Waals surface area contributed by atoms with Gasteiger partial charge in [-0.3, -0.25) is 0 Å². The van der Waals surface area contributed by atoms with Crippen LogP contribution in [0.5, 0.6) is 34.5 Å². The van der Waals surface area contributed by atoms with Gasteiger partial charge in [0.05, 0.1) is 27.9 Å². The van der Waals surface area contributed by atoms with E-state index < -0.39 is 0 Å². The maximum absolute atomic E-state index is 6.06. The van der Waals surface area contributed by atoms with Gasteiger partial charge in [-0.2, -0.15) is 0 Å². The molecule has 2 rings (SSSR count). The number of methoxy groups -OCH3 is 3. The Kier molecular flexibility index (Phi) is 7.44. The maximum Gasteiger partial charge on any atom is 0.203 e. The number of benzene rings is 2. The van der Waals surface area contributed by atoms with Gasteiger partial charge >= 0.3 is 0 Å². The monoisotopic (exact) mass is 388 g/mol. The van der Waals surface area contributed by atoms with Crippen LogP contribution in [-0.4, -0.2) is 27.9 Å². The Morgan fingerprint density at radius 3 is 1.96 bits per heavy atom. The summed E-state index contributed by atoms with van der Waals surface area (Å²) in [4.78, 5) is 0. The minimum atomic E-state index is 0.161. The third kappa shape index (κ3) is 5.47. The van der Waals surface area contributed by atoms with E-state index in [-0.39, 0.29) is 5.41 Å². The summed E-state index contributed by atoms with van der Waals surface area (Å²) in [6.07, 6.45) is 2.28. The lowest BCUT2D eigenvalue weighted by molar-refractivity contribution is 0.168. The van der Waals surface area contributed by atoms with Crippen molar-refractivity contribution in [2.45, 2.75) is 40.5 Å². The number of hydrogen-bond acceptors (Lipinski definition) is 5. The fourth-order valence-electron chi connectivity index (χ4n) is 3.10. The summed E-state index contributed by atoms with van der Waals surface area (Å²) in [5.74, 6) is 3.83. The molecule has 28 heavy (non-hydrogen) atoms. The van der Waals surface area contributed by atoms with E-state index in [0.29, 0.717) is 29.6 Å². The molecule has 2 aromatic carbocycles. The van der Waals surface area contributed by atoms with Gasteiger partial charge in [0.2, 0.25) is 5.75 Å². The van der Waals surface area contributed by atoms with Gasteiger partial charge in [0, 0.05) is 12.1 Å². The lowest BCUT2D eigenvalue weighted by Gasteiger charge is -2.24. The molecule has 0 aromatic heterocycles. The van der Waals surface area contributed by atoms with E-state index in [1.165, 1.54) is 0 Å². The van der Waals surface area contributed by atoms with Gasteiger partial charge in [0.15, 0.2) is 11.5 Å². The Bertz CT molecular complexity index is 758. The molecule has 0 heterocycles. The Hall–Kier alpha value is -2.56. The molecule has 0 spiro atoms. The largest absolute Gasteiger partial charge is 0.493 e. The predicted octanol–water partition coefficient (Wildman–Crippen LogP) is 6.02. The summed E-state index contributed by atoms with van der Waals surface area (Å²) in [5, 5.41) is 0. The average molecular weight is 389 g/mol. The van der Waals surface area contributed by atoms with E-state index >= 15 is 0 Å². The lowest BCUT2D eigenvalue weighted by atomic mass is 9.89. The van der Waals surface area contributed by atoms with E-state index in [1.54, 1.807) is 33.5 Å². The number of aryl methyl sites for hydroxylation is 1. The van der Waals surface area contributed by atoms with Crippen molar-refractivity contribution in [1.82, 2.24) is 0 Å². The van der Waals surface area contributed by atoms with E-state index in [1.807, 2.05) is 25.1 Å². The zero-order valence-corrected chi connectivity index (χ0v) is 18.0. The molecule has 0 atom stereocenters. The molecule has 0 N–H and O–H groups in total. The molecule has 0 fully saturated rings. The summed E-state index contributed by atoms with van der Waals surface area (Å²) in [6, 6.07) is 9.40. The van der Waals surface area contributed by atoms with Gasteiger partial charge in [-0.25, -0.2) is 0 Å². The number of ether oxygens (including phenoxy) is 5. The van der Waals surface area contributed by atoms with Crippen LogP contribution in [-0.2, 0) is 0 Å². The fourth-order valence-corrected chi connectivity index (χ4v) is 3.10. The fraction of sp³-hybridized carbons (Fsp3) is 0.478. The Morgan fingerprint density at radius 2 is 1.46 bits per heavy atom. The van der Waals surface area contributed by atoms with Crippen LogP contribution >= 0.6 is 0 Å². The molecule has 5 nitrogen and oxygen atoms in total. The van der Waals surface area contributed by atoms with Crippen molar-refractivity contribution >= 4 is 0 Å². The highest BCUT2D eigenvalue weighted by molar-refractivity contribution is 5.57. The van der Waals surface area contributed by atoms with Crippen LogP contribution in [0.1, 0.15) is 39.2 Å². The highest BCUT2D eigenvalue weighted by Gasteiger charge is 2.18. The Morgan fingerprint density at radius 1 is 0.821 bits per heavy atom. The van der Waals surface area contributed by atoms with Crippen molar-refractivity contribution in [3.8, 4) is 34.5 Å². The van der Waals surface area contributed by atoms with Crippen LogP contribution < -0.4 is 23.7 Å². The van der Waals surface area contributed by atoms with Crippen molar-refractivity contribution in [2.24, 2.45) is 5.41 Å². The van der Waals surface area contributed by atoms with Gasteiger partial charge in [0.25, 0.3) is 0 Å². The standard InChI is InChI=1S/C23H32O5/c1-8-11-23(3,4)15-27-17-9-10-19(16(2)12-17)28-18-13-20(24-5)22(26-7)21(14-18)25-6/h9-10,12-14H,8,11,15H2,1-7H3. The first-order valence-corrected chi connectivity index (χ1v) is 9.55. The van der Waals surface area contributed by atoms with Crippen molar-refractivity contribution in [3.05, 3.63) is 35.9 Å². The van der Waals surface area contributed by atoms with Crippen LogP contribution in [0.25, 0.3) is 0 Å². The predicted molar refractivity (Wildman–Crippen MR) is 112 cm³/mol. The maximum atomic E-state index is 6.06. The van der Waals surface area contributed by atoms with Crippen molar-refractivity contribution in [3.63, 3.8) is 0 Å². The smallest absolute Gasteiger partial charge is 0.203 e. The van der Waals surface area contributed by atoms with Crippen molar-refractivity contribution in [1.29, 1.82) is 0 Å². The minimum Gasteiger partial charge on any atom is -0.493 e. The van der Waals surface area contributed by atoms with Crippen LogP contribution in [0.2, 0.25) is 0 Å². The summed E-state index contributed by atoms with van der Waals surface area (Å²) >= 11 is 0. The van der Waals surface area contributed by atoms with Gasteiger partial charge in [-0.15, -0.1) is 0 Å². The van der Waals surface area contributed by atoms with Gasteiger partial charge in [0.1, 0.15) is 17.2 Å². The molecule has 0 aliphatic carbocycles. The second-order valence-corrected chi connectivity index (χ2v) is 7.59. The normalized spacial score (nSPS) is 11.1. The summed E-state index contributed by atoms with van der Waals surface area (Å²) in [5.41, 5.74) is 1.15. The molecule has 0 saturated heterocycles. The zero-order chi connectivity index (χ0) is 20.7. The molecule has 0 unspecified atom stereocenters. The summed E-state index contributed by atoms with van der Waals surface area (Å²) in [6.45, 7) is 9.34. The molecule has 5 heteroatoms. The minimum absolute atomic E-state index is 0.161.